The van der Waals surface area contributed by atoms with Crippen LogP contribution in [0.15, 0.2) is 60.7 Å². The number of thiazole rings is 1. The normalized spacial score (nSPS) is 21.7. The van der Waals surface area contributed by atoms with E-state index in [4.69, 9.17) is 16.6 Å². The summed E-state index contributed by atoms with van der Waals surface area (Å²) in [7, 11) is 0. The Morgan fingerprint density at radius 2 is 1.81 bits per heavy atom. The Morgan fingerprint density at radius 1 is 1.00 bits per heavy atom. The molecule has 2 heterocycles. The van der Waals surface area contributed by atoms with Crippen LogP contribution in [0.4, 0.5) is 4.39 Å². The van der Waals surface area contributed by atoms with E-state index in [0.29, 0.717) is 21.9 Å². The SMILES string of the molecule is Fc1cc(CC2CC(Cl)C2)ccc1-c1nc2ccc(C3(c4ccccc4)CC3)nc2s1. The molecule has 6 rings (SSSR count). The zero-order valence-corrected chi connectivity index (χ0v) is 18.6. The van der Waals surface area contributed by atoms with Gasteiger partial charge < -0.3 is 0 Å². The monoisotopic (exact) mass is 448 g/mol. The van der Waals surface area contributed by atoms with Crippen LogP contribution in [0, 0.1) is 11.7 Å². The first-order chi connectivity index (χ1) is 15.1. The molecule has 31 heavy (non-hydrogen) atoms. The van der Waals surface area contributed by atoms with Crippen molar-refractivity contribution in [1.82, 2.24) is 9.97 Å². The number of aromatic nitrogens is 2. The van der Waals surface area contributed by atoms with Crippen LogP contribution < -0.4 is 0 Å². The standard InChI is InChI=1S/C26H22ClFN2S/c27-19-13-17(14-19)12-16-6-7-20(21(28)15-16)24-29-22-8-9-23(30-25(22)31-24)26(10-11-26)18-4-2-1-3-5-18/h1-9,15,17,19H,10-14H2. The minimum absolute atomic E-state index is 0.0239. The van der Waals surface area contributed by atoms with E-state index in [0.717, 1.165) is 53.7 Å². The van der Waals surface area contributed by atoms with Crippen LogP contribution in [0.1, 0.15) is 42.5 Å². The second kappa shape index (κ2) is 7.39. The Kier molecular flexibility index (Phi) is 4.62. The fourth-order valence-electron chi connectivity index (χ4n) is 4.79. The van der Waals surface area contributed by atoms with Crippen molar-refractivity contribution in [3.8, 4) is 10.6 Å². The van der Waals surface area contributed by atoms with Crippen molar-refractivity contribution in [2.24, 2.45) is 5.92 Å². The third-order valence-corrected chi connectivity index (χ3v) is 8.14. The Labute approximate surface area is 190 Å². The quantitative estimate of drug-likeness (QED) is 0.303. The first-order valence-corrected chi connectivity index (χ1v) is 12.1. The molecule has 0 spiro atoms. The van der Waals surface area contributed by atoms with Crippen LogP contribution in [0.2, 0.25) is 0 Å². The average Bonchev–Trinajstić information content (AvgIpc) is 3.46. The molecule has 156 valence electrons. The maximum absolute atomic E-state index is 14.9. The van der Waals surface area contributed by atoms with Gasteiger partial charge in [0, 0.05) is 16.4 Å². The van der Waals surface area contributed by atoms with Gasteiger partial charge in [0.05, 0.1) is 5.69 Å². The van der Waals surface area contributed by atoms with Gasteiger partial charge in [-0.05, 0) is 73.4 Å². The molecular formula is C26H22ClFN2S. The summed E-state index contributed by atoms with van der Waals surface area (Å²) in [6.07, 6.45) is 5.18. The lowest BCUT2D eigenvalue weighted by Gasteiger charge is -2.30. The summed E-state index contributed by atoms with van der Waals surface area (Å²) in [5.41, 5.74) is 4.86. The third-order valence-electron chi connectivity index (χ3n) is 6.79. The van der Waals surface area contributed by atoms with Crippen molar-refractivity contribution < 1.29 is 4.39 Å². The lowest BCUT2D eigenvalue weighted by molar-refractivity contribution is 0.322. The number of halogens is 2. The van der Waals surface area contributed by atoms with Gasteiger partial charge >= 0.3 is 0 Å². The number of rotatable bonds is 5. The number of benzene rings is 2. The number of pyridine rings is 1. The highest BCUT2D eigenvalue weighted by Gasteiger charge is 2.47. The second-order valence-corrected chi connectivity index (χ2v) is 10.5. The van der Waals surface area contributed by atoms with E-state index < -0.39 is 0 Å². The van der Waals surface area contributed by atoms with E-state index in [-0.39, 0.29) is 11.2 Å². The molecule has 0 unspecified atom stereocenters. The summed E-state index contributed by atoms with van der Waals surface area (Å²) in [5.74, 6) is 0.374. The molecule has 0 bridgehead atoms. The molecule has 0 aliphatic heterocycles. The molecule has 2 fully saturated rings. The highest BCUT2D eigenvalue weighted by Crippen LogP contribution is 2.53. The summed E-state index contributed by atoms with van der Waals surface area (Å²) in [6, 6.07) is 20.3. The average molecular weight is 449 g/mol. The number of hydrogen-bond acceptors (Lipinski definition) is 3. The molecule has 0 N–H and O–H groups in total. The molecule has 2 aromatic carbocycles. The maximum Gasteiger partial charge on any atom is 0.144 e. The fourth-order valence-corrected chi connectivity index (χ4v) is 6.26. The van der Waals surface area contributed by atoms with Crippen LogP contribution in [0.5, 0.6) is 0 Å². The minimum Gasteiger partial charge on any atom is -0.239 e. The molecule has 0 saturated heterocycles. The van der Waals surface area contributed by atoms with Gasteiger partial charge in [0.15, 0.2) is 0 Å². The number of nitrogens with zero attached hydrogens (tertiary/aromatic N) is 2. The van der Waals surface area contributed by atoms with Gasteiger partial charge in [-0.25, -0.2) is 14.4 Å². The molecule has 4 aromatic rings. The van der Waals surface area contributed by atoms with Gasteiger partial charge in [-0.1, -0.05) is 47.7 Å². The summed E-state index contributed by atoms with van der Waals surface area (Å²) in [4.78, 5) is 10.5. The molecule has 2 saturated carbocycles. The van der Waals surface area contributed by atoms with E-state index in [1.807, 2.05) is 24.3 Å². The van der Waals surface area contributed by atoms with Crippen LogP contribution in [0.3, 0.4) is 0 Å². The Bertz CT molecular complexity index is 1260. The summed E-state index contributed by atoms with van der Waals surface area (Å²) < 4.78 is 14.9. The van der Waals surface area contributed by atoms with Crippen LogP contribution in [0.25, 0.3) is 20.9 Å². The van der Waals surface area contributed by atoms with E-state index >= 15 is 0 Å². The van der Waals surface area contributed by atoms with Gasteiger partial charge in [-0.2, -0.15) is 0 Å². The zero-order valence-electron chi connectivity index (χ0n) is 17.0. The summed E-state index contributed by atoms with van der Waals surface area (Å²) in [6.45, 7) is 0. The first kappa shape index (κ1) is 19.4. The molecule has 2 aliphatic rings. The van der Waals surface area contributed by atoms with Crippen molar-refractivity contribution in [2.75, 3.05) is 0 Å². The predicted molar refractivity (Wildman–Crippen MR) is 125 cm³/mol. The predicted octanol–water partition coefficient (Wildman–Crippen LogP) is 7.14. The highest BCUT2D eigenvalue weighted by molar-refractivity contribution is 7.21. The molecule has 0 atom stereocenters. The molecule has 2 nitrogen and oxygen atoms in total. The Balaban J connectivity index is 1.30. The lowest BCUT2D eigenvalue weighted by Crippen LogP contribution is -2.25. The Morgan fingerprint density at radius 3 is 2.52 bits per heavy atom. The summed E-state index contributed by atoms with van der Waals surface area (Å²) in [5, 5.41) is 0.989. The highest BCUT2D eigenvalue weighted by atomic mass is 35.5. The van der Waals surface area contributed by atoms with Crippen LogP contribution >= 0.6 is 22.9 Å². The molecule has 5 heteroatoms. The van der Waals surface area contributed by atoms with Crippen molar-refractivity contribution in [2.45, 2.75) is 42.9 Å². The van der Waals surface area contributed by atoms with Crippen molar-refractivity contribution in [3.05, 3.63) is 83.3 Å². The van der Waals surface area contributed by atoms with E-state index in [1.54, 1.807) is 6.07 Å². The zero-order chi connectivity index (χ0) is 21.0. The van der Waals surface area contributed by atoms with Gasteiger partial charge in [-0.15, -0.1) is 11.6 Å². The summed E-state index contributed by atoms with van der Waals surface area (Å²) >= 11 is 7.55. The van der Waals surface area contributed by atoms with Crippen molar-refractivity contribution in [3.63, 3.8) is 0 Å². The molecule has 0 amide bonds. The van der Waals surface area contributed by atoms with E-state index in [9.17, 15) is 4.39 Å². The number of alkyl halides is 1. The first-order valence-electron chi connectivity index (χ1n) is 10.9. The molecule has 2 aliphatic carbocycles. The second-order valence-electron chi connectivity index (χ2n) is 8.94. The number of fused-ring (bicyclic) bond motifs is 1. The van der Waals surface area contributed by atoms with Crippen molar-refractivity contribution >= 4 is 33.3 Å². The van der Waals surface area contributed by atoms with Gasteiger partial charge in [0.1, 0.15) is 21.2 Å². The van der Waals surface area contributed by atoms with Crippen LogP contribution in [-0.4, -0.2) is 15.3 Å². The third kappa shape index (κ3) is 3.46. The molecular weight excluding hydrogens is 427 g/mol. The van der Waals surface area contributed by atoms with Crippen molar-refractivity contribution in [1.29, 1.82) is 0 Å². The van der Waals surface area contributed by atoms with Gasteiger partial charge in [0.2, 0.25) is 0 Å². The minimum atomic E-state index is -0.207. The number of hydrogen-bond donors (Lipinski definition) is 0. The van der Waals surface area contributed by atoms with E-state index in [1.165, 1.54) is 16.9 Å². The molecule has 0 radical (unpaired) electrons. The van der Waals surface area contributed by atoms with Crippen LogP contribution in [-0.2, 0) is 11.8 Å². The van der Waals surface area contributed by atoms with E-state index in [2.05, 4.69) is 35.3 Å². The Hall–Kier alpha value is -2.30. The lowest BCUT2D eigenvalue weighted by atomic mass is 9.80. The largest absolute Gasteiger partial charge is 0.239 e. The smallest absolute Gasteiger partial charge is 0.144 e. The topological polar surface area (TPSA) is 25.8 Å². The molecule has 2 aromatic heterocycles. The fraction of sp³-hybridized carbons (Fsp3) is 0.308. The van der Waals surface area contributed by atoms with Gasteiger partial charge in [-0.3, -0.25) is 0 Å². The van der Waals surface area contributed by atoms with Gasteiger partial charge in [0.25, 0.3) is 0 Å². The maximum atomic E-state index is 14.9.